The van der Waals surface area contributed by atoms with E-state index in [0.29, 0.717) is 13.1 Å². The molecule has 0 spiro atoms. The number of esters is 1. The van der Waals surface area contributed by atoms with Gasteiger partial charge in [0.2, 0.25) is 0 Å². The van der Waals surface area contributed by atoms with E-state index < -0.39 is 0 Å². The summed E-state index contributed by atoms with van der Waals surface area (Å²) in [6.45, 7) is 3.15. The highest BCUT2D eigenvalue weighted by Crippen LogP contribution is 2.04. The summed E-state index contributed by atoms with van der Waals surface area (Å²) in [5.41, 5.74) is 0. The van der Waals surface area contributed by atoms with Crippen molar-refractivity contribution >= 4 is 5.97 Å². The maximum atomic E-state index is 11.2. The Bertz CT molecular complexity index is 350. The number of nitrogens with zero attached hydrogens (tertiary/aromatic N) is 4. The molecule has 1 heterocycles. The Balaban J connectivity index is 2.45. The quantitative estimate of drug-likeness (QED) is 0.664. The van der Waals surface area contributed by atoms with Crippen LogP contribution in [0, 0.1) is 5.92 Å². The number of aryl methyl sites for hydroxylation is 1. The molecule has 6 heteroatoms. The van der Waals surface area contributed by atoms with Crippen LogP contribution in [0.2, 0.25) is 0 Å². The summed E-state index contributed by atoms with van der Waals surface area (Å²) in [6, 6.07) is 0. The first-order valence-corrected chi connectivity index (χ1v) is 5.13. The Kier molecular flexibility index (Phi) is 4.42. The normalized spacial score (nSPS) is 12.8. The third-order valence-corrected chi connectivity index (χ3v) is 2.41. The van der Waals surface area contributed by atoms with Gasteiger partial charge in [-0.2, -0.15) is 0 Å². The summed E-state index contributed by atoms with van der Waals surface area (Å²) in [4.78, 5) is 13.3. The maximum absolute atomic E-state index is 11.2. The number of methoxy groups -OCH3 is 1. The van der Waals surface area contributed by atoms with Crippen molar-refractivity contribution in [3.63, 3.8) is 0 Å². The number of ether oxygens (including phenoxy) is 1. The number of hydrogen-bond acceptors (Lipinski definition) is 5. The van der Waals surface area contributed by atoms with Gasteiger partial charge in [0.25, 0.3) is 0 Å². The molecular weight excluding hydrogens is 208 g/mol. The third-order valence-electron chi connectivity index (χ3n) is 2.41. The summed E-state index contributed by atoms with van der Waals surface area (Å²) >= 11 is 0. The van der Waals surface area contributed by atoms with Crippen LogP contribution in [0.4, 0.5) is 0 Å². The molecule has 90 valence electrons. The van der Waals surface area contributed by atoms with E-state index in [1.807, 2.05) is 30.5 Å². The zero-order valence-corrected chi connectivity index (χ0v) is 10.2. The minimum atomic E-state index is -0.190. The fraction of sp³-hybridized carbons (Fsp3) is 0.700. The van der Waals surface area contributed by atoms with Crippen molar-refractivity contribution in [2.75, 3.05) is 20.7 Å². The zero-order chi connectivity index (χ0) is 12.1. The van der Waals surface area contributed by atoms with Gasteiger partial charge in [0, 0.05) is 13.6 Å². The Morgan fingerprint density at radius 2 is 2.38 bits per heavy atom. The average Bonchev–Trinajstić information content (AvgIpc) is 2.63. The zero-order valence-electron chi connectivity index (χ0n) is 10.2. The van der Waals surface area contributed by atoms with Crippen LogP contribution in [0.1, 0.15) is 12.7 Å². The minimum Gasteiger partial charge on any atom is -0.469 e. The van der Waals surface area contributed by atoms with Crippen molar-refractivity contribution < 1.29 is 9.53 Å². The molecule has 0 aromatic carbocycles. The standard InChI is InChI=1S/C10H18N4O2/c1-8(10(15)16-4)5-13(2)6-9-12-11-7-14(9)3/h7-8H,5-6H2,1-4H3. The van der Waals surface area contributed by atoms with Crippen molar-refractivity contribution in [1.82, 2.24) is 19.7 Å². The van der Waals surface area contributed by atoms with Crippen LogP contribution in [-0.2, 0) is 23.1 Å². The fourth-order valence-corrected chi connectivity index (χ4v) is 1.50. The van der Waals surface area contributed by atoms with E-state index in [1.165, 1.54) is 7.11 Å². The average molecular weight is 226 g/mol. The number of hydrogen-bond donors (Lipinski definition) is 0. The lowest BCUT2D eigenvalue weighted by molar-refractivity contribution is -0.145. The van der Waals surface area contributed by atoms with E-state index in [0.717, 1.165) is 5.82 Å². The fourth-order valence-electron chi connectivity index (χ4n) is 1.50. The lowest BCUT2D eigenvalue weighted by atomic mass is 10.2. The Morgan fingerprint density at radius 1 is 1.69 bits per heavy atom. The molecule has 0 bridgehead atoms. The van der Waals surface area contributed by atoms with Crippen molar-refractivity contribution in [2.24, 2.45) is 13.0 Å². The smallest absolute Gasteiger partial charge is 0.309 e. The molecule has 0 saturated carbocycles. The van der Waals surface area contributed by atoms with E-state index in [4.69, 9.17) is 0 Å². The van der Waals surface area contributed by atoms with Crippen molar-refractivity contribution in [3.05, 3.63) is 12.2 Å². The van der Waals surface area contributed by atoms with Gasteiger partial charge in [0.15, 0.2) is 0 Å². The molecule has 16 heavy (non-hydrogen) atoms. The molecule has 0 aliphatic carbocycles. The molecule has 0 aliphatic rings. The van der Waals surface area contributed by atoms with E-state index in [9.17, 15) is 4.79 Å². The highest BCUT2D eigenvalue weighted by molar-refractivity contribution is 5.71. The molecule has 0 aliphatic heterocycles. The first kappa shape index (κ1) is 12.6. The number of carbonyl (C=O) groups excluding carboxylic acids is 1. The molecule has 0 fully saturated rings. The van der Waals surface area contributed by atoms with E-state index in [1.54, 1.807) is 6.33 Å². The Morgan fingerprint density at radius 3 is 2.88 bits per heavy atom. The number of rotatable bonds is 5. The van der Waals surface area contributed by atoms with Crippen LogP contribution in [0.15, 0.2) is 6.33 Å². The number of aromatic nitrogens is 3. The molecule has 1 aromatic heterocycles. The van der Waals surface area contributed by atoms with Crippen LogP contribution < -0.4 is 0 Å². The van der Waals surface area contributed by atoms with Gasteiger partial charge in [-0.25, -0.2) is 0 Å². The van der Waals surface area contributed by atoms with E-state index in [-0.39, 0.29) is 11.9 Å². The Hall–Kier alpha value is -1.43. The monoisotopic (exact) mass is 226 g/mol. The van der Waals surface area contributed by atoms with Gasteiger partial charge >= 0.3 is 5.97 Å². The Labute approximate surface area is 95.2 Å². The summed E-state index contributed by atoms with van der Waals surface area (Å²) in [5.74, 6) is 0.549. The van der Waals surface area contributed by atoms with Gasteiger partial charge in [-0.15, -0.1) is 10.2 Å². The maximum Gasteiger partial charge on any atom is 0.309 e. The first-order valence-electron chi connectivity index (χ1n) is 5.13. The molecule has 0 N–H and O–H groups in total. The van der Waals surface area contributed by atoms with Crippen molar-refractivity contribution in [2.45, 2.75) is 13.5 Å². The second kappa shape index (κ2) is 5.60. The van der Waals surface area contributed by atoms with Crippen LogP contribution in [0.25, 0.3) is 0 Å². The molecule has 1 rings (SSSR count). The summed E-state index contributed by atoms with van der Waals surface area (Å²) in [5, 5.41) is 7.78. The van der Waals surface area contributed by atoms with Crippen LogP contribution in [0.3, 0.4) is 0 Å². The largest absolute Gasteiger partial charge is 0.469 e. The topological polar surface area (TPSA) is 60.2 Å². The van der Waals surface area contributed by atoms with Crippen LogP contribution >= 0.6 is 0 Å². The van der Waals surface area contributed by atoms with Gasteiger partial charge in [-0.05, 0) is 7.05 Å². The molecule has 1 unspecified atom stereocenters. The molecule has 6 nitrogen and oxygen atoms in total. The third kappa shape index (κ3) is 3.30. The van der Waals surface area contributed by atoms with Gasteiger partial charge in [-0.3, -0.25) is 9.69 Å². The molecule has 1 atom stereocenters. The van der Waals surface area contributed by atoms with Gasteiger partial charge < -0.3 is 9.30 Å². The summed E-state index contributed by atoms with van der Waals surface area (Å²) in [7, 11) is 5.24. The van der Waals surface area contributed by atoms with Gasteiger partial charge in [0.1, 0.15) is 12.2 Å². The van der Waals surface area contributed by atoms with E-state index >= 15 is 0 Å². The summed E-state index contributed by atoms with van der Waals surface area (Å²) < 4.78 is 6.53. The van der Waals surface area contributed by atoms with Gasteiger partial charge in [-0.1, -0.05) is 6.92 Å². The second-order valence-corrected chi connectivity index (χ2v) is 3.98. The minimum absolute atomic E-state index is 0.136. The molecular formula is C10H18N4O2. The highest BCUT2D eigenvalue weighted by Gasteiger charge is 2.16. The van der Waals surface area contributed by atoms with Crippen molar-refractivity contribution in [1.29, 1.82) is 0 Å². The van der Waals surface area contributed by atoms with Crippen LogP contribution in [-0.4, -0.2) is 46.3 Å². The van der Waals surface area contributed by atoms with E-state index in [2.05, 4.69) is 14.9 Å². The second-order valence-electron chi connectivity index (χ2n) is 3.98. The first-order chi connectivity index (χ1) is 7.54. The van der Waals surface area contributed by atoms with Crippen molar-refractivity contribution in [3.8, 4) is 0 Å². The van der Waals surface area contributed by atoms with Gasteiger partial charge in [0.05, 0.1) is 19.6 Å². The molecule has 0 saturated heterocycles. The highest BCUT2D eigenvalue weighted by atomic mass is 16.5. The molecule has 0 radical (unpaired) electrons. The lowest BCUT2D eigenvalue weighted by Gasteiger charge is -2.19. The van der Waals surface area contributed by atoms with Crippen LogP contribution in [0.5, 0.6) is 0 Å². The lowest BCUT2D eigenvalue weighted by Crippen LogP contribution is -2.29. The SMILES string of the molecule is COC(=O)C(C)CN(C)Cc1nncn1C. The predicted octanol–water partition coefficient (Wildman–Crippen LogP) is 0.0560. The molecule has 1 aromatic rings. The molecule has 0 amide bonds. The summed E-state index contributed by atoms with van der Waals surface area (Å²) in [6.07, 6.45) is 1.66. The number of carbonyl (C=O) groups is 1. The predicted molar refractivity (Wildman–Crippen MR) is 58.5 cm³/mol.